The first kappa shape index (κ1) is 26.5. The lowest BCUT2D eigenvalue weighted by atomic mass is 10.1. The summed E-state index contributed by atoms with van der Waals surface area (Å²) in [6.07, 6.45) is 2.95. The van der Waals surface area contributed by atoms with Gasteiger partial charge in [-0.3, -0.25) is 27.7 Å². The van der Waals surface area contributed by atoms with Crippen LogP contribution in [-0.2, 0) is 20.2 Å². The third-order valence-electron chi connectivity index (χ3n) is 5.97. The first-order chi connectivity index (χ1) is 18.9. The van der Waals surface area contributed by atoms with Gasteiger partial charge < -0.3 is 0 Å². The molecule has 5 rings (SSSR count). The molecule has 14 heteroatoms. The molecule has 0 spiro atoms. The first-order valence-electron chi connectivity index (χ1n) is 11.2. The second kappa shape index (κ2) is 9.29. The molecule has 0 aliphatic heterocycles. The van der Waals surface area contributed by atoms with E-state index in [1.54, 1.807) is 0 Å². The van der Waals surface area contributed by atoms with Gasteiger partial charge in [0.1, 0.15) is 9.79 Å². The fourth-order valence-corrected chi connectivity index (χ4v) is 5.66. The molecular weight excluding hydrogens is 564 g/mol. The van der Waals surface area contributed by atoms with E-state index in [0.29, 0.717) is 11.1 Å². The van der Waals surface area contributed by atoms with Gasteiger partial charge in [0.25, 0.3) is 22.2 Å². The Morgan fingerprint density at radius 3 is 1.05 bits per heavy atom. The number of fused-ring (bicyclic) bond motifs is 2. The van der Waals surface area contributed by atoms with Gasteiger partial charge in [-0.2, -0.15) is 16.8 Å². The molecule has 5 aromatic rings. The molecule has 0 bridgehead atoms. The Hall–Kier alpha value is -5.08. The number of benzene rings is 3. The molecule has 0 radical (unpaired) electrons. The largest absolute Gasteiger partial charge is 0.357 e. The Balaban J connectivity index is 1.58. The van der Waals surface area contributed by atoms with Crippen molar-refractivity contribution >= 4 is 53.9 Å². The standard InChI is InChI=1S/C26H16N2O10S2/c1-3-15-5-9-17(10-6-15)39(33,34)37-27-23(29)19-13-21-22(14-20(19)24(27)30)26(32)28(25(21)31)38-40(35,36)18-11-7-16(4-2)8-12-18/h3-14H,1-2H2. The van der Waals surface area contributed by atoms with Gasteiger partial charge in [0, 0.05) is 0 Å². The molecular formula is C26H16N2O10S2. The topological polar surface area (TPSA) is 165 Å². The van der Waals surface area contributed by atoms with E-state index in [-0.39, 0.29) is 19.3 Å². The van der Waals surface area contributed by atoms with Crippen molar-refractivity contribution in [1.82, 2.24) is 9.46 Å². The highest BCUT2D eigenvalue weighted by Gasteiger charge is 2.27. The molecule has 0 saturated heterocycles. The third kappa shape index (κ3) is 4.24. The average Bonchev–Trinajstić information content (AvgIpc) is 3.31. The van der Waals surface area contributed by atoms with Gasteiger partial charge in [0.2, 0.25) is 0 Å². The van der Waals surface area contributed by atoms with E-state index in [1.807, 2.05) is 0 Å². The van der Waals surface area contributed by atoms with Crippen LogP contribution >= 0.6 is 0 Å². The lowest BCUT2D eigenvalue weighted by molar-refractivity contribution is 0.263. The molecule has 12 nitrogen and oxygen atoms in total. The molecule has 0 saturated carbocycles. The predicted molar refractivity (Wildman–Crippen MR) is 145 cm³/mol. The lowest BCUT2D eigenvalue weighted by Crippen LogP contribution is -2.36. The summed E-state index contributed by atoms with van der Waals surface area (Å²) in [4.78, 5) is 50.9. The third-order valence-corrected chi connectivity index (χ3v) is 8.36. The van der Waals surface area contributed by atoms with Crippen molar-refractivity contribution in [3.05, 3.63) is 126 Å². The summed E-state index contributed by atoms with van der Waals surface area (Å²) in [5.74, 6) is 0. The minimum atomic E-state index is -4.63. The minimum Gasteiger partial charge on any atom is -0.277 e. The van der Waals surface area contributed by atoms with Gasteiger partial charge >= 0.3 is 20.2 Å². The predicted octanol–water partition coefficient (Wildman–Crippen LogP) is 0.833. The summed E-state index contributed by atoms with van der Waals surface area (Å²) in [6, 6.07) is 12.2. The van der Waals surface area contributed by atoms with Crippen molar-refractivity contribution in [2.24, 2.45) is 0 Å². The maximum absolute atomic E-state index is 12.9. The quantitative estimate of drug-likeness (QED) is 0.257. The Bertz CT molecular complexity index is 2050. The maximum Gasteiger partial charge on any atom is 0.357 e. The van der Waals surface area contributed by atoms with Crippen LogP contribution in [0.25, 0.3) is 33.7 Å². The molecule has 0 fully saturated rings. The van der Waals surface area contributed by atoms with Crippen LogP contribution in [0.5, 0.6) is 0 Å². The monoisotopic (exact) mass is 580 g/mol. The van der Waals surface area contributed by atoms with Crippen molar-refractivity contribution < 1.29 is 25.4 Å². The zero-order valence-electron chi connectivity index (χ0n) is 20.1. The van der Waals surface area contributed by atoms with Crippen molar-refractivity contribution in [2.75, 3.05) is 0 Å². The molecule has 0 atom stereocenters. The Labute approximate surface area is 224 Å². The van der Waals surface area contributed by atoms with Gasteiger partial charge in [-0.15, -0.1) is 0 Å². The molecule has 2 heterocycles. The van der Waals surface area contributed by atoms with Crippen molar-refractivity contribution in [1.29, 1.82) is 0 Å². The van der Waals surface area contributed by atoms with Gasteiger partial charge in [0.05, 0.1) is 21.5 Å². The van der Waals surface area contributed by atoms with Crippen LogP contribution in [0, 0.1) is 0 Å². The van der Waals surface area contributed by atoms with Crippen LogP contribution in [0.1, 0.15) is 11.1 Å². The van der Waals surface area contributed by atoms with E-state index in [0.717, 1.165) is 12.1 Å². The van der Waals surface area contributed by atoms with Crippen LogP contribution < -0.4 is 30.8 Å². The number of hydrogen-bond donors (Lipinski definition) is 0. The number of nitrogens with zero attached hydrogens (tertiary/aromatic N) is 2. The van der Waals surface area contributed by atoms with E-state index in [1.165, 1.54) is 60.7 Å². The summed E-state index contributed by atoms with van der Waals surface area (Å²) in [6.45, 7) is 7.11. The minimum absolute atomic E-state index is 0.00281. The molecule has 0 unspecified atom stereocenters. The Morgan fingerprint density at radius 1 is 0.525 bits per heavy atom. The zero-order chi connectivity index (χ0) is 29.0. The Morgan fingerprint density at radius 2 is 0.800 bits per heavy atom. The van der Waals surface area contributed by atoms with E-state index in [2.05, 4.69) is 13.2 Å². The highest BCUT2D eigenvalue weighted by Crippen LogP contribution is 2.17. The van der Waals surface area contributed by atoms with Gasteiger partial charge in [-0.25, -0.2) is 0 Å². The Kier molecular flexibility index (Phi) is 6.16. The molecule has 0 aliphatic rings. The van der Waals surface area contributed by atoms with Crippen molar-refractivity contribution in [3.63, 3.8) is 0 Å². The van der Waals surface area contributed by atoms with E-state index in [9.17, 15) is 36.0 Å². The summed E-state index contributed by atoms with van der Waals surface area (Å²) in [7, 11) is -9.26. The average molecular weight is 581 g/mol. The van der Waals surface area contributed by atoms with Crippen molar-refractivity contribution in [3.8, 4) is 0 Å². The number of hydrogen-bond acceptors (Lipinski definition) is 10. The molecule has 0 N–H and O–H groups in total. The molecule has 202 valence electrons. The SMILES string of the molecule is C=Cc1ccc(S(=O)(=O)On2c(=O)c3cc4c(=O)n(OS(=O)(=O)c5ccc(C=C)cc5)c(=O)c4cc3c2=O)cc1. The van der Waals surface area contributed by atoms with Crippen LogP contribution in [0.2, 0.25) is 0 Å². The fraction of sp³-hybridized carbons (Fsp3) is 0. The van der Waals surface area contributed by atoms with Crippen LogP contribution in [0.4, 0.5) is 0 Å². The van der Waals surface area contributed by atoms with Crippen LogP contribution in [-0.4, -0.2) is 26.3 Å². The number of rotatable bonds is 8. The van der Waals surface area contributed by atoms with Crippen LogP contribution in [0.3, 0.4) is 0 Å². The van der Waals surface area contributed by atoms with Gasteiger partial charge in [-0.1, -0.05) is 59.0 Å². The first-order valence-corrected chi connectivity index (χ1v) is 14.0. The zero-order valence-corrected chi connectivity index (χ0v) is 21.8. The molecule has 2 aromatic heterocycles. The highest BCUT2D eigenvalue weighted by molar-refractivity contribution is 7.87. The molecule has 40 heavy (non-hydrogen) atoms. The number of aromatic nitrogens is 2. The smallest absolute Gasteiger partial charge is 0.277 e. The summed E-state index contributed by atoms with van der Waals surface area (Å²) >= 11 is 0. The maximum atomic E-state index is 12.9. The highest BCUT2D eigenvalue weighted by atomic mass is 32.2. The summed E-state index contributed by atoms with van der Waals surface area (Å²) in [5, 5.41) is -1.75. The fourth-order valence-electron chi connectivity index (χ4n) is 3.89. The normalized spacial score (nSPS) is 12.0. The summed E-state index contributed by atoms with van der Waals surface area (Å²) < 4.78 is 60.3. The lowest BCUT2D eigenvalue weighted by Gasteiger charge is -2.05. The van der Waals surface area contributed by atoms with Gasteiger partial charge in [0.15, 0.2) is 0 Å². The molecule has 3 aromatic carbocycles. The molecule has 0 amide bonds. The van der Waals surface area contributed by atoms with Crippen LogP contribution in [0.15, 0.2) is 103 Å². The second-order valence-corrected chi connectivity index (χ2v) is 11.4. The van der Waals surface area contributed by atoms with E-state index >= 15 is 0 Å². The summed E-state index contributed by atoms with van der Waals surface area (Å²) in [5.41, 5.74) is -3.65. The van der Waals surface area contributed by atoms with Gasteiger partial charge in [-0.05, 0) is 47.5 Å². The van der Waals surface area contributed by atoms with E-state index in [4.69, 9.17) is 8.57 Å². The second-order valence-electron chi connectivity index (χ2n) is 8.36. The van der Waals surface area contributed by atoms with E-state index < -0.39 is 64.0 Å². The molecule has 0 aliphatic carbocycles. The van der Waals surface area contributed by atoms with Crippen molar-refractivity contribution in [2.45, 2.75) is 9.79 Å².